The summed E-state index contributed by atoms with van der Waals surface area (Å²) in [5.41, 5.74) is 1.75. The standard InChI is InChI=1S/C17H24N4O3.ClH/c1-11(12-6-7-14(23-4)15(8-12)24-5)20-17(22)16(18-2)13-9-19-21(3)10-13;/h6-11,16,18H,1-5H3,(H,20,22);1H. The van der Waals surface area contributed by atoms with Crippen LogP contribution in [-0.2, 0) is 11.8 Å². The molecule has 25 heavy (non-hydrogen) atoms. The number of nitrogens with zero attached hydrogens (tertiary/aromatic N) is 2. The van der Waals surface area contributed by atoms with Gasteiger partial charge in [0.05, 0.1) is 26.5 Å². The molecule has 0 radical (unpaired) electrons. The van der Waals surface area contributed by atoms with Crippen LogP contribution in [0.2, 0.25) is 0 Å². The molecule has 0 fully saturated rings. The number of amides is 1. The number of hydrogen-bond donors (Lipinski definition) is 2. The van der Waals surface area contributed by atoms with Gasteiger partial charge >= 0.3 is 0 Å². The maximum Gasteiger partial charge on any atom is 0.242 e. The van der Waals surface area contributed by atoms with Gasteiger partial charge in [0.25, 0.3) is 0 Å². The topological polar surface area (TPSA) is 77.4 Å². The number of benzene rings is 1. The summed E-state index contributed by atoms with van der Waals surface area (Å²) in [6.07, 6.45) is 3.50. The summed E-state index contributed by atoms with van der Waals surface area (Å²) in [6, 6.07) is 4.96. The Morgan fingerprint density at radius 3 is 2.40 bits per heavy atom. The zero-order chi connectivity index (χ0) is 17.7. The SMILES string of the molecule is CNC(C(=O)NC(C)c1ccc(OC)c(OC)c1)c1cnn(C)c1.Cl. The van der Waals surface area contributed by atoms with Crippen molar-refractivity contribution in [3.63, 3.8) is 0 Å². The van der Waals surface area contributed by atoms with Crippen molar-refractivity contribution >= 4 is 18.3 Å². The van der Waals surface area contributed by atoms with E-state index < -0.39 is 6.04 Å². The van der Waals surface area contributed by atoms with Gasteiger partial charge in [0, 0.05) is 18.8 Å². The minimum atomic E-state index is -0.457. The van der Waals surface area contributed by atoms with E-state index in [4.69, 9.17) is 9.47 Å². The minimum Gasteiger partial charge on any atom is -0.493 e. The van der Waals surface area contributed by atoms with Crippen molar-refractivity contribution in [2.75, 3.05) is 21.3 Å². The summed E-state index contributed by atoms with van der Waals surface area (Å²) in [5.74, 6) is 1.17. The third kappa shape index (κ3) is 4.87. The van der Waals surface area contributed by atoms with Crippen molar-refractivity contribution in [1.29, 1.82) is 0 Å². The van der Waals surface area contributed by atoms with E-state index in [0.717, 1.165) is 11.1 Å². The van der Waals surface area contributed by atoms with E-state index in [2.05, 4.69) is 15.7 Å². The summed E-state index contributed by atoms with van der Waals surface area (Å²) in [7, 11) is 6.75. The second kappa shape index (κ2) is 9.29. The Bertz CT molecular complexity index is 705. The van der Waals surface area contributed by atoms with Gasteiger partial charge in [-0.15, -0.1) is 12.4 Å². The zero-order valence-corrected chi connectivity index (χ0v) is 15.9. The molecule has 0 aliphatic carbocycles. The molecule has 0 aliphatic heterocycles. The summed E-state index contributed by atoms with van der Waals surface area (Å²) in [4.78, 5) is 12.6. The normalized spacial score (nSPS) is 12.7. The van der Waals surface area contributed by atoms with Crippen molar-refractivity contribution < 1.29 is 14.3 Å². The Labute approximate surface area is 154 Å². The number of halogens is 1. The molecule has 2 atom stereocenters. The van der Waals surface area contributed by atoms with Gasteiger partial charge in [-0.1, -0.05) is 6.07 Å². The Kier molecular flexibility index (Phi) is 7.73. The van der Waals surface area contributed by atoms with Crippen LogP contribution in [0.1, 0.15) is 30.1 Å². The molecule has 2 unspecified atom stereocenters. The fourth-order valence-corrected chi connectivity index (χ4v) is 2.54. The highest BCUT2D eigenvalue weighted by Gasteiger charge is 2.22. The van der Waals surface area contributed by atoms with Gasteiger partial charge in [-0.05, 0) is 31.7 Å². The number of hydrogen-bond acceptors (Lipinski definition) is 5. The predicted molar refractivity (Wildman–Crippen MR) is 98.4 cm³/mol. The number of carbonyl (C=O) groups is 1. The Hall–Kier alpha value is -2.25. The summed E-state index contributed by atoms with van der Waals surface area (Å²) in [6.45, 7) is 1.93. The second-order valence-electron chi connectivity index (χ2n) is 5.51. The number of nitrogens with one attached hydrogen (secondary N) is 2. The Balaban J connectivity index is 0.00000312. The zero-order valence-electron chi connectivity index (χ0n) is 15.1. The van der Waals surface area contributed by atoms with E-state index in [9.17, 15) is 4.79 Å². The second-order valence-corrected chi connectivity index (χ2v) is 5.51. The number of aryl methyl sites for hydroxylation is 1. The third-order valence-electron chi connectivity index (χ3n) is 3.88. The first-order valence-corrected chi connectivity index (χ1v) is 7.68. The van der Waals surface area contributed by atoms with E-state index in [1.54, 1.807) is 32.1 Å². The molecule has 1 aromatic heterocycles. The van der Waals surface area contributed by atoms with E-state index in [-0.39, 0.29) is 24.4 Å². The van der Waals surface area contributed by atoms with E-state index in [1.807, 2.05) is 38.4 Å². The lowest BCUT2D eigenvalue weighted by molar-refractivity contribution is -0.123. The molecule has 1 heterocycles. The maximum atomic E-state index is 12.6. The number of aromatic nitrogens is 2. The summed E-state index contributed by atoms with van der Waals surface area (Å²) < 4.78 is 12.2. The van der Waals surface area contributed by atoms with Crippen LogP contribution in [0.5, 0.6) is 11.5 Å². The maximum absolute atomic E-state index is 12.6. The van der Waals surface area contributed by atoms with Crippen molar-refractivity contribution in [2.45, 2.75) is 19.0 Å². The third-order valence-corrected chi connectivity index (χ3v) is 3.88. The molecule has 0 bridgehead atoms. The number of carbonyl (C=O) groups excluding carboxylic acids is 1. The lowest BCUT2D eigenvalue weighted by Crippen LogP contribution is -2.37. The minimum absolute atomic E-state index is 0. The lowest BCUT2D eigenvalue weighted by Gasteiger charge is -2.20. The largest absolute Gasteiger partial charge is 0.493 e. The molecule has 138 valence electrons. The van der Waals surface area contributed by atoms with E-state index in [1.165, 1.54) is 0 Å². The van der Waals surface area contributed by atoms with Crippen molar-refractivity contribution in [3.05, 3.63) is 41.7 Å². The molecule has 7 nitrogen and oxygen atoms in total. The number of ether oxygens (including phenoxy) is 2. The molecule has 2 rings (SSSR count). The first-order valence-electron chi connectivity index (χ1n) is 7.68. The number of rotatable bonds is 7. The van der Waals surface area contributed by atoms with Crippen LogP contribution in [0, 0.1) is 0 Å². The first-order chi connectivity index (χ1) is 11.5. The average molecular weight is 369 g/mol. The van der Waals surface area contributed by atoms with Gasteiger partial charge in [-0.25, -0.2) is 0 Å². The van der Waals surface area contributed by atoms with Gasteiger partial charge < -0.3 is 20.1 Å². The lowest BCUT2D eigenvalue weighted by atomic mass is 10.1. The molecule has 2 N–H and O–H groups in total. The molecular weight excluding hydrogens is 344 g/mol. The van der Waals surface area contributed by atoms with Crippen LogP contribution < -0.4 is 20.1 Å². The monoisotopic (exact) mass is 368 g/mol. The average Bonchev–Trinajstić information content (AvgIpc) is 3.00. The molecule has 0 spiro atoms. The summed E-state index contributed by atoms with van der Waals surface area (Å²) in [5, 5.41) is 10.1. The van der Waals surface area contributed by atoms with E-state index in [0.29, 0.717) is 11.5 Å². The highest BCUT2D eigenvalue weighted by Crippen LogP contribution is 2.30. The molecule has 2 aromatic rings. The first kappa shape index (κ1) is 20.8. The van der Waals surface area contributed by atoms with Gasteiger partial charge in [0.2, 0.25) is 5.91 Å². The Morgan fingerprint density at radius 1 is 1.20 bits per heavy atom. The van der Waals surface area contributed by atoms with Gasteiger partial charge in [0.1, 0.15) is 6.04 Å². The molecule has 0 aliphatic rings. The molecule has 0 saturated heterocycles. The molecule has 0 saturated carbocycles. The highest BCUT2D eigenvalue weighted by molar-refractivity contribution is 5.85. The molecule has 8 heteroatoms. The Morgan fingerprint density at radius 2 is 1.88 bits per heavy atom. The highest BCUT2D eigenvalue weighted by atomic mass is 35.5. The van der Waals surface area contributed by atoms with E-state index >= 15 is 0 Å². The molecule has 1 aromatic carbocycles. The van der Waals surface area contributed by atoms with Crippen molar-refractivity contribution in [3.8, 4) is 11.5 Å². The van der Waals surface area contributed by atoms with Crippen LogP contribution in [-0.4, -0.2) is 37.0 Å². The van der Waals surface area contributed by atoms with Crippen LogP contribution in [0.15, 0.2) is 30.6 Å². The van der Waals surface area contributed by atoms with Crippen LogP contribution in [0.3, 0.4) is 0 Å². The molecule has 1 amide bonds. The molecular formula is C17H25ClN4O3. The fourth-order valence-electron chi connectivity index (χ4n) is 2.54. The number of methoxy groups -OCH3 is 2. The van der Waals surface area contributed by atoms with Crippen molar-refractivity contribution in [2.24, 2.45) is 7.05 Å². The smallest absolute Gasteiger partial charge is 0.242 e. The van der Waals surface area contributed by atoms with Crippen molar-refractivity contribution in [1.82, 2.24) is 20.4 Å². The van der Waals surface area contributed by atoms with Crippen LogP contribution >= 0.6 is 12.4 Å². The van der Waals surface area contributed by atoms with Gasteiger partial charge in [-0.3, -0.25) is 9.48 Å². The van der Waals surface area contributed by atoms with Gasteiger partial charge in [0.15, 0.2) is 11.5 Å². The fraction of sp³-hybridized carbons (Fsp3) is 0.412. The predicted octanol–water partition coefficient (Wildman–Crippen LogP) is 2.00. The summed E-state index contributed by atoms with van der Waals surface area (Å²) >= 11 is 0. The van der Waals surface area contributed by atoms with Crippen LogP contribution in [0.4, 0.5) is 0 Å². The van der Waals surface area contributed by atoms with Crippen LogP contribution in [0.25, 0.3) is 0 Å². The number of likely N-dealkylation sites (N-methyl/N-ethyl adjacent to an activating group) is 1. The van der Waals surface area contributed by atoms with Gasteiger partial charge in [-0.2, -0.15) is 5.10 Å². The quantitative estimate of drug-likeness (QED) is 0.781.